The molecule has 1 aromatic rings. The minimum atomic E-state index is -3.74. The summed E-state index contributed by atoms with van der Waals surface area (Å²) in [4.78, 5) is 11.0. The molecule has 0 bridgehead atoms. The third kappa shape index (κ3) is 4.08. The topological polar surface area (TPSA) is 83.5 Å². The molecule has 5 nitrogen and oxygen atoms in total. The SMILES string of the molecule is Cc1csc(S(=O)(=O)N[C@@H](CC(C)C)C(=O)O)c1. The van der Waals surface area contributed by atoms with Crippen LogP contribution in [0.3, 0.4) is 0 Å². The lowest BCUT2D eigenvalue weighted by Gasteiger charge is -2.15. The summed E-state index contributed by atoms with van der Waals surface area (Å²) in [6.45, 7) is 5.48. The second-order valence-electron chi connectivity index (χ2n) is 4.58. The van der Waals surface area contributed by atoms with Gasteiger partial charge in [0.05, 0.1) is 0 Å². The van der Waals surface area contributed by atoms with E-state index in [0.717, 1.165) is 16.9 Å². The first-order chi connectivity index (χ1) is 8.22. The Hall–Kier alpha value is -0.920. The van der Waals surface area contributed by atoms with Gasteiger partial charge in [0.2, 0.25) is 0 Å². The average molecular weight is 291 g/mol. The second-order valence-corrected chi connectivity index (χ2v) is 7.44. The van der Waals surface area contributed by atoms with E-state index in [0.29, 0.717) is 0 Å². The van der Waals surface area contributed by atoms with Crippen molar-refractivity contribution in [1.82, 2.24) is 4.72 Å². The third-order valence-electron chi connectivity index (χ3n) is 2.27. The number of aryl methyl sites for hydroxylation is 1. The van der Waals surface area contributed by atoms with Crippen molar-refractivity contribution >= 4 is 27.3 Å². The van der Waals surface area contributed by atoms with E-state index >= 15 is 0 Å². The summed E-state index contributed by atoms with van der Waals surface area (Å²) in [5, 5.41) is 10.7. The molecule has 0 saturated carbocycles. The Morgan fingerprint density at radius 1 is 1.50 bits per heavy atom. The first-order valence-corrected chi connectivity index (χ1v) is 7.89. The maximum absolute atomic E-state index is 12.0. The van der Waals surface area contributed by atoms with Crippen molar-refractivity contribution in [2.24, 2.45) is 5.92 Å². The maximum atomic E-state index is 12.0. The van der Waals surface area contributed by atoms with Crippen molar-refractivity contribution in [3.63, 3.8) is 0 Å². The first kappa shape index (κ1) is 15.1. The van der Waals surface area contributed by atoms with E-state index in [-0.39, 0.29) is 16.5 Å². The molecular weight excluding hydrogens is 274 g/mol. The quantitative estimate of drug-likeness (QED) is 0.837. The van der Waals surface area contributed by atoms with Crippen molar-refractivity contribution in [3.05, 3.63) is 17.0 Å². The number of nitrogens with one attached hydrogen (secondary N) is 1. The van der Waals surface area contributed by atoms with E-state index in [4.69, 9.17) is 5.11 Å². The van der Waals surface area contributed by atoms with Gasteiger partial charge in [-0.05, 0) is 36.3 Å². The number of carboxylic acids is 1. The smallest absolute Gasteiger partial charge is 0.321 e. The Morgan fingerprint density at radius 3 is 2.50 bits per heavy atom. The van der Waals surface area contributed by atoms with Crippen LogP contribution in [-0.2, 0) is 14.8 Å². The molecule has 0 aliphatic carbocycles. The number of thiophene rings is 1. The van der Waals surface area contributed by atoms with Gasteiger partial charge in [0.1, 0.15) is 10.3 Å². The van der Waals surface area contributed by atoms with Gasteiger partial charge in [-0.1, -0.05) is 13.8 Å². The zero-order valence-electron chi connectivity index (χ0n) is 10.5. The largest absolute Gasteiger partial charge is 0.480 e. The summed E-state index contributed by atoms with van der Waals surface area (Å²) in [6.07, 6.45) is 0.263. The van der Waals surface area contributed by atoms with Crippen molar-refractivity contribution in [2.75, 3.05) is 0 Å². The normalized spacial score (nSPS) is 13.8. The molecule has 2 N–H and O–H groups in total. The fourth-order valence-electron chi connectivity index (χ4n) is 1.46. The molecular formula is C11H17NO4S2. The summed E-state index contributed by atoms with van der Waals surface area (Å²) in [5.41, 5.74) is 0.844. The number of carboxylic acid groups (broad SMARTS) is 1. The zero-order valence-corrected chi connectivity index (χ0v) is 12.1. The number of hydrogen-bond acceptors (Lipinski definition) is 4. The van der Waals surface area contributed by atoms with Gasteiger partial charge >= 0.3 is 5.97 Å². The van der Waals surface area contributed by atoms with Gasteiger partial charge in [0.25, 0.3) is 10.0 Å². The monoisotopic (exact) mass is 291 g/mol. The number of aliphatic carboxylic acids is 1. The van der Waals surface area contributed by atoms with Gasteiger partial charge in [-0.2, -0.15) is 4.72 Å². The molecule has 0 unspecified atom stereocenters. The molecule has 1 aromatic heterocycles. The van der Waals surface area contributed by atoms with E-state index in [1.807, 2.05) is 13.8 Å². The summed E-state index contributed by atoms with van der Waals surface area (Å²) in [5.74, 6) is -1.06. The van der Waals surface area contributed by atoms with Gasteiger partial charge in [0.15, 0.2) is 0 Å². The molecule has 0 aromatic carbocycles. The summed E-state index contributed by atoms with van der Waals surface area (Å²) >= 11 is 1.09. The summed E-state index contributed by atoms with van der Waals surface area (Å²) < 4.78 is 26.3. The van der Waals surface area contributed by atoms with Crippen LogP contribution in [0.25, 0.3) is 0 Å². The molecule has 1 rings (SSSR count). The lowest BCUT2D eigenvalue weighted by atomic mass is 10.1. The minimum Gasteiger partial charge on any atom is -0.480 e. The van der Waals surface area contributed by atoms with Gasteiger partial charge in [-0.15, -0.1) is 11.3 Å². The Morgan fingerprint density at radius 2 is 2.11 bits per heavy atom. The van der Waals surface area contributed by atoms with Crippen LogP contribution < -0.4 is 4.72 Å². The molecule has 0 aliphatic heterocycles. The fraction of sp³-hybridized carbons (Fsp3) is 0.545. The molecule has 1 heterocycles. The van der Waals surface area contributed by atoms with Crippen LogP contribution in [0.15, 0.2) is 15.7 Å². The number of sulfonamides is 1. The van der Waals surface area contributed by atoms with E-state index in [2.05, 4.69) is 4.72 Å². The highest BCUT2D eigenvalue weighted by Crippen LogP contribution is 2.20. The molecule has 102 valence electrons. The molecule has 0 saturated heterocycles. The number of carbonyl (C=O) groups is 1. The summed E-state index contributed by atoms with van der Waals surface area (Å²) in [7, 11) is -3.74. The van der Waals surface area contributed by atoms with Crippen molar-refractivity contribution < 1.29 is 18.3 Å². The van der Waals surface area contributed by atoms with E-state index < -0.39 is 22.0 Å². The van der Waals surface area contributed by atoms with Crippen LogP contribution in [0.1, 0.15) is 25.8 Å². The van der Waals surface area contributed by atoms with Gasteiger partial charge in [0, 0.05) is 0 Å². The lowest BCUT2D eigenvalue weighted by molar-refractivity contribution is -0.139. The van der Waals surface area contributed by atoms with Gasteiger partial charge in [-0.3, -0.25) is 4.79 Å². The second kappa shape index (κ2) is 5.81. The molecule has 0 radical (unpaired) electrons. The molecule has 0 fully saturated rings. The Bertz CT molecular complexity index is 519. The van der Waals surface area contributed by atoms with Crippen LogP contribution in [0.2, 0.25) is 0 Å². The average Bonchev–Trinajstić information content (AvgIpc) is 2.63. The van der Waals surface area contributed by atoms with Crippen molar-refractivity contribution in [1.29, 1.82) is 0 Å². The number of rotatable bonds is 6. The van der Waals surface area contributed by atoms with E-state index in [1.54, 1.807) is 12.3 Å². The molecule has 0 aliphatic rings. The van der Waals surface area contributed by atoms with Crippen LogP contribution >= 0.6 is 11.3 Å². The zero-order chi connectivity index (χ0) is 13.9. The number of hydrogen-bond donors (Lipinski definition) is 2. The fourth-order valence-corrected chi connectivity index (χ4v) is 3.91. The standard InChI is InChI=1S/C11H17NO4S2/c1-7(2)4-9(11(13)14)12-18(15,16)10-5-8(3)6-17-10/h5-7,9,12H,4H2,1-3H3,(H,13,14)/t9-/m0/s1. The van der Waals surface area contributed by atoms with E-state index in [1.165, 1.54) is 6.07 Å². The van der Waals surface area contributed by atoms with Crippen molar-refractivity contribution in [3.8, 4) is 0 Å². The van der Waals surface area contributed by atoms with Crippen LogP contribution in [0, 0.1) is 12.8 Å². The third-order valence-corrected chi connectivity index (χ3v) is 5.30. The molecule has 1 atom stereocenters. The minimum absolute atomic E-state index is 0.0962. The van der Waals surface area contributed by atoms with Gasteiger partial charge < -0.3 is 5.11 Å². The lowest BCUT2D eigenvalue weighted by Crippen LogP contribution is -2.41. The highest BCUT2D eigenvalue weighted by atomic mass is 32.2. The predicted molar refractivity (Wildman–Crippen MR) is 70.3 cm³/mol. The predicted octanol–water partition coefficient (Wildman–Crippen LogP) is 1.83. The Labute approximate surface area is 111 Å². The van der Waals surface area contributed by atoms with Crippen LogP contribution in [0.4, 0.5) is 0 Å². The Kier molecular flexibility index (Phi) is 4.89. The van der Waals surface area contributed by atoms with Crippen molar-refractivity contribution in [2.45, 2.75) is 37.4 Å². The first-order valence-electron chi connectivity index (χ1n) is 5.52. The highest BCUT2D eigenvalue weighted by Gasteiger charge is 2.26. The molecule has 7 heteroatoms. The molecule has 18 heavy (non-hydrogen) atoms. The van der Waals surface area contributed by atoms with Crippen LogP contribution in [0.5, 0.6) is 0 Å². The van der Waals surface area contributed by atoms with Gasteiger partial charge in [-0.25, -0.2) is 8.42 Å². The highest BCUT2D eigenvalue weighted by molar-refractivity contribution is 7.91. The summed E-state index contributed by atoms with van der Waals surface area (Å²) in [6, 6.07) is 0.443. The molecule has 0 amide bonds. The van der Waals surface area contributed by atoms with E-state index in [9.17, 15) is 13.2 Å². The van der Waals surface area contributed by atoms with Crippen LogP contribution in [-0.4, -0.2) is 25.5 Å². The molecule has 0 spiro atoms. The Balaban J connectivity index is 2.89. The maximum Gasteiger partial charge on any atom is 0.321 e.